The maximum atomic E-state index is 10.7. The highest BCUT2D eigenvalue weighted by atomic mass is 16.5. The number of aliphatic imine (C=N–C) groups is 1. The van der Waals surface area contributed by atoms with E-state index in [9.17, 15) is 5.11 Å². The Morgan fingerprint density at radius 2 is 1.96 bits per heavy atom. The molecule has 0 aliphatic rings. The van der Waals surface area contributed by atoms with Crippen LogP contribution in [0.4, 0.5) is 0 Å². The fourth-order valence-electron chi connectivity index (χ4n) is 3.02. The number of aliphatic hydroxyl groups is 1. The molecule has 0 saturated carbocycles. The Morgan fingerprint density at radius 3 is 2.61 bits per heavy atom. The monoisotopic (exact) mass is 388 g/mol. The van der Waals surface area contributed by atoms with Crippen molar-refractivity contribution in [2.24, 2.45) is 4.99 Å². The maximum absolute atomic E-state index is 10.7. The lowest BCUT2D eigenvalue weighted by Gasteiger charge is -2.26. The molecule has 0 aliphatic heterocycles. The number of nitrogens with zero attached hydrogens (tertiary/aromatic N) is 4. The summed E-state index contributed by atoms with van der Waals surface area (Å²) < 4.78 is 5.27. The molecule has 0 aromatic carbocycles. The van der Waals surface area contributed by atoms with E-state index in [1.165, 1.54) is 0 Å². The van der Waals surface area contributed by atoms with E-state index < -0.39 is 5.60 Å². The van der Waals surface area contributed by atoms with Crippen LogP contribution in [0.5, 0.6) is 0 Å². The predicted octanol–water partition coefficient (Wildman–Crippen LogP) is 2.56. The minimum absolute atomic E-state index is 0.385. The van der Waals surface area contributed by atoms with Crippen molar-refractivity contribution in [3.05, 3.63) is 30.2 Å². The number of aromatic nitrogens is 3. The first-order chi connectivity index (χ1) is 13.6. The molecule has 28 heavy (non-hydrogen) atoms. The molecule has 0 saturated heterocycles. The zero-order chi connectivity index (χ0) is 20.2. The molecule has 0 unspecified atom stereocenters. The van der Waals surface area contributed by atoms with Crippen LogP contribution in [-0.4, -0.2) is 51.4 Å². The van der Waals surface area contributed by atoms with Crippen LogP contribution < -0.4 is 10.6 Å². The largest absolute Gasteiger partial charge is 0.388 e. The van der Waals surface area contributed by atoms with Crippen molar-refractivity contribution < 1.29 is 9.63 Å². The van der Waals surface area contributed by atoms with Crippen LogP contribution >= 0.6 is 0 Å². The highest BCUT2D eigenvalue weighted by Crippen LogP contribution is 2.19. The van der Waals surface area contributed by atoms with Gasteiger partial charge >= 0.3 is 0 Å². The Morgan fingerprint density at radius 1 is 1.18 bits per heavy atom. The molecule has 154 valence electrons. The average Bonchev–Trinajstić information content (AvgIpc) is 3.16. The fraction of sp³-hybridized carbons (Fsp3) is 0.600. The number of hydrogen-bond donors (Lipinski definition) is 3. The van der Waals surface area contributed by atoms with Gasteiger partial charge in [0.15, 0.2) is 11.8 Å². The maximum Gasteiger partial charge on any atom is 0.276 e. The molecule has 0 amide bonds. The van der Waals surface area contributed by atoms with Crippen molar-refractivity contribution in [2.45, 2.75) is 58.5 Å². The Kier molecular flexibility index (Phi) is 8.87. The summed E-state index contributed by atoms with van der Waals surface area (Å²) in [6, 6.07) is 5.55. The second-order valence-electron chi connectivity index (χ2n) is 6.83. The van der Waals surface area contributed by atoms with Gasteiger partial charge in [0, 0.05) is 25.7 Å². The Labute approximate surface area is 166 Å². The third-order valence-corrected chi connectivity index (χ3v) is 4.30. The second kappa shape index (κ2) is 11.4. The van der Waals surface area contributed by atoms with Gasteiger partial charge in [-0.15, -0.1) is 0 Å². The lowest BCUT2D eigenvalue weighted by molar-refractivity contribution is 0.0306. The van der Waals surface area contributed by atoms with Crippen LogP contribution in [0.3, 0.4) is 0 Å². The number of hydrogen-bond acceptors (Lipinski definition) is 6. The summed E-state index contributed by atoms with van der Waals surface area (Å²) in [7, 11) is 0. The minimum atomic E-state index is -0.739. The standard InChI is InChI=1S/C20H32N6O2/c1-4-11-20(27,12-5-2)15-24-19(21-6-3)23-14-10-17-25-18(28-26-17)16-9-7-8-13-22-16/h7-9,13,27H,4-6,10-12,14-15H2,1-3H3,(H2,21,23,24). The number of rotatable bonds is 11. The summed E-state index contributed by atoms with van der Waals surface area (Å²) in [6.07, 6.45) is 5.66. The Balaban J connectivity index is 1.90. The van der Waals surface area contributed by atoms with Crippen molar-refractivity contribution in [3.8, 4) is 11.6 Å². The summed E-state index contributed by atoms with van der Waals surface area (Å²) in [5.74, 6) is 1.71. The van der Waals surface area contributed by atoms with E-state index in [0.717, 1.165) is 32.2 Å². The van der Waals surface area contributed by atoms with Crippen molar-refractivity contribution >= 4 is 5.96 Å². The van der Waals surface area contributed by atoms with Gasteiger partial charge in [-0.2, -0.15) is 4.98 Å². The van der Waals surface area contributed by atoms with Crippen LogP contribution in [0, 0.1) is 0 Å². The second-order valence-corrected chi connectivity index (χ2v) is 6.83. The first-order valence-corrected chi connectivity index (χ1v) is 10.1. The molecular weight excluding hydrogens is 356 g/mol. The lowest BCUT2D eigenvalue weighted by Crippen LogP contribution is -2.41. The van der Waals surface area contributed by atoms with Gasteiger partial charge in [0.25, 0.3) is 5.89 Å². The summed E-state index contributed by atoms with van der Waals surface area (Å²) in [6.45, 7) is 7.91. The topological polar surface area (TPSA) is 108 Å². The molecule has 0 radical (unpaired) electrons. The van der Waals surface area contributed by atoms with Crippen molar-refractivity contribution in [2.75, 3.05) is 19.6 Å². The predicted molar refractivity (Wildman–Crippen MR) is 110 cm³/mol. The normalized spacial score (nSPS) is 12.2. The summed E-state index contributed by atoms with van der Waals surface area (Å²) in [4.78, 5) is 13.2. The Bertz CT molecular complexity index is 710. The van der Waals surface area contributed by atoms with Gasteiger partial charge in [0.1, 0.15) is 5.69 Å². The number of pyridine rings is 1. The molecule has 3 N–H and O–H groups in total. The van der Waals surface area contributed by atoms with E-state index in [0.29, 0.717) is 42.9 Å². The van der Waals surface area contributed by atoms with Crippen molar-refractivity contribution in [1.82, 2.24) is 25.8 Å². The molecule has 8 nitrogen and oxygen atoms in total. The Hall–Kier alpha value is -2.48. The molecule has 0 bridgehead atoms. The molecule has 2 rings (SSSR count). The van der Waals surface area contributed by atoms with Gasteiger partial charge in [0.2, 0.25) is 0 Å². The van der Waals surface area contributed by atoms with Gasteiger partial charge < -0.3 is 20.3 Å². The van der Waals surface area contributed by atoms with E-state index in [-0.39, 0.29) is 0 Å². The highest BCUT2D eigenvalue weighted by Gasteiger charge is 2.24. The van der Waals surface area contributed by atoms with Crippen LogP contribution in [0.1, 0.15) is 52.3 Å². The average molecular weight is 389 g/mol. The van der Waals surface area contributed by atoms with E-state index in [4.69, 9.17) is 4.52 Å². The zero-order valence-corrected chi connectivity index (χ0v) is 17.1. The van der Waals surface area contributed by atoms with E-state index in [2.05, 4.69) is 44.6 Å². The van der Waals surface area contributed by atoms with Crippen LogP contribution in [0.2, 0.25) is 0 Å². The first-order valence-electron chi connectivity index (χ1n) is 10.1. The highest BCUT2D eigenvalue weighted by molar-refractivity contribution is 5.79. The van der Waals surface area contributed by atoms with Crippen molar-refractivity contribution in [1.29, 1.82) is 0 Å². The smallest absolute Gasteiger partial charge is 0.276 e. The van der Waals surface area contributed by atoms with Crippen LogP contribution in [0.15, 0.2) is 33.9 Å². The van der Waals surface area contributed by atoms with Crippen LogP contribution in [-0.2, 0) is 6.42 Å². The van der Waals surface area contributed by atoms with Gasteiger partial charge in [-0.3, -0.25) is 9.98 Å². The molecular formula is C20H32N6O2. The van der Waals surface area contributed by atoms with Gasteiger partial charge in [-0.25, -0.2) is 0 Å². The molecule has 2 aromatic heterocycles. The molecule has 0 atom stereocenters. The minimum Gasteiger partial charge on any atom is -0.388 e. The quantitative estimate of drug-likeness (QED) is 0.401. The van der Waals surface area contributed by atoms with Crippen molar-refractivity contribution in [3.63, 3.8) is 0 Å². The van der Waals surface area contributed by atoms with E-state index in [1.54, 1.807) is 6.20 Å². The summed E-state index contributed by atoms with van der Waals surface area (Å²) in [5, 5.41) is 21.2. The van der Waals surface area contributed by atoms with Gasteiger partial charge in [-0.05, 0) is 31.9 Å². The van der Waals surface area contributed by atoms with Crippen LogP contribution in [0.25, 0.3) is 11.6 Å². The lowest BCUT2D eigenvalue weighted by atomic mass is 9.93. The number of nitrogens with one attached hydrogen (secondary N) is 2. The first kappa shape index (κ1) is 21.8. The molecule has 0 spiro atoms. The van der Waals surface area contributed by atoms with E-state index in [1.807, 2.05) is 25.1 Å². The molecule has 2 aromatic rings. The third kappa shape index (κ3) is 6.92. The SMILES string of the molecule is CCCC(O)(CCC)CN=C(NCC)NCCc1noc(-c2ccccn2)n1. The summed E-state index contributed by atoms with van der Waals surface area (Å²) >= 11 is 0. The van der Waals surface area contributed by atoms with Gasteiger partial charge in [-0.1, -0.05) is 37.9 Å². The van der Waals surface area contributed by atoms with Gasteiger partial charge in [0.05, 0.1) is 12.1 Å². The fourth-order valence-corrected chi connectivity index (χ4v) is 3.02. The zero-order valence-electron chi connectivity index (χ0n) is 17.1. The molecule has 0 aliphatic carbocycles. The third-order valence-electron chi connectivity index (χ3n) is 4.30. The number of guanidine groups is 1. The molecule has 2 heterocycles. The molecule has 0 fully saturated rings. The summed E-state index contributed by atoms with van der Waals surface area (Å²) in [5.41, 5.74) is -0.0767. The molecule has 8 heteroatoms. The van der Waals surface area contributed by atoms with E-state index >= 15 is 0 Å².